The fraction of sp³-hybridized carbons (Fsp3) is 0.182. The molecule has 0 unspecified atom stereocenters. The molecule has 0 saturated heterocycles. The number of aromatic amines is 1. The van der Waals surface area contributed by atoms with Crippen molar-refractivity contribution in [3.63, 3.8) is 0 Å². The van der Waals surface area contributed by atoms with Gasteiger partial charge in [0.15, 0.2) is 4.77 Å². The Kier molecular flexibility index (Phi) is 3.35. The minimum atomic E-state index is -0.628. The highest BCUT2D eigenvalue weighted by atomic mass is 32.1. The first-order valence-corrected chi connectivity index (χ1v) is 5.35. The molecule has 0 aliphatic heterocycles. The SMILES string of the molecule is OCc1c[nH]c(=S)n1Cc1c(F)cccc1F. The molecule has 0 fully saturated rings. The molecule has 17 heavy (non-hydrogen) atoms. The molecule has 90 valence electrons. The van der Waals surface area contributed by atoms with Gasteiger partial charge in [-0.05, 0) is 24.4 Å². The lowest BCUT2D eigenvalue weighted by atomic mass is 10.2. The largest absolute Gasteiger partial charge is 0.390 e. The fourth-order valence-electron chi connectivity index (χ4n) is 1.58. The van der Waals surface area contributed by atoms with Crippen LogP contribution in [0.4, 0.5) is 8.78 Å². The highest BCUT2D eigenvalue weighted by Gasteiger charge is 2.11. The van der Waals surface area contributed by atoms with Crippen molar-refractivity contribution in [2.24, 2.45) is 0 Å². The molecular formula is C11H10F2N2OS. The van der Waals surface area contributed by atoms with Crippen LogP contribution < -0.4 is 0 Å². The van der Waals surface area contributed by atoms with Gasteiger partial charge in [-0.2, -0.15) is 0 Å². The summed E-state index contributed by atoms with van der Waals surface area (Å²) in [5.74, 6) is -1.26. The van der Waals surface area contributed by atoms with E-state index < -0.39 is 11.6 Å². The van der Waals surface area contributed by atoms with Gasteiger partial charge >= 0.3 is 0 Å². The summed E-state index contributed by atoms with van der Waals surface area (Å²) in [6.07, 6.45) is 1.51. The summed E-state index contributed by atoms with van der Waals surface area (Å²) in [4.78, 5) is 2.72. The highest BCUT2D eigenvalue weighted by Crippen LogP contribution is 2.15. The molecule has 1 aromatic carbocycles. The van der Waals surface area contributed by atoms with Crippen molar-refractivity contribution in [2.75, 3.05) is 0 Å². The Bertz CT molecular complexity index is 571. The summed E-state index contributed by atoms with van der Waals surface area (Å²) in [6.45, 7) is -0.292. The lowest BCUT2D eigenvalue weighted by Gasteiger charge is -2.08. The lowest BCUT2D eigenvalue weighted by Crippen LogP contribution is -2.08. The first kappa shape index (κ1) is 11.9. The highest BCUT2D eigenvalue weighted by molar-refractivity contribution is 7.71. The number of aliphatic hydroxyl groups is 1. The smallest absolute Gasteiger partial charge is 0.177 e. The molecular weight excluding hydrogens is 246 g/mol. The molecule has 2 rings (SSSR count). The lowest BCUT2D eigenvalue weighted by molar-refractivity contribution is 0.271. The predicted molar refractivity (Wildman–Crippen MR) is 61.0 cm³/mol. The van der Waals surface area contributed by atoms with Gasteiger partial charge in [0.2, 0.25) is 0 Å². The molecule has 1 heterocycles. The number of rotatable bonds is 3. The predicted octanol–water partition coefficient (Wildman–Crippen LogP) is 2.36. The van der Waals surface area contributed by atoms with Crippen LogP contribution in [0.3, 0.4) is 0 Å². The molecule has 2 aromatic rings. The van der Waals surface area contributed by atoms with Crippen molar-refractivity contribution in [1.82, 2.24) is 9.55 Å². The van der Waals surface area contributed by atoms with Gasteiger partial charge in [-0.25, -0.2) is 8.78 Å². The molecule has 0 aliphatic rings. The van der Waals surface area contributed by atoms with E-state index in [0.717, 1.165) is 0 Å². The van der Waals surface area contributed by atoms with E-state index in [9.17, 15) is 8.78 Å². The number of aliphatic hydroxyl groups excluding tert-OH is 1. The fourth-order valence-corrected chi connectivity index (χ4v) is 1.82. The Morgan fingerprint density at radius 3 is 2.53 bits per heavy atom. The van der Waals surface area contributed by atoms with Gasteiger partial charge in [-0.15, -0.1) is 0 Å². The maximum Gasteiger partial charge on any atom is 0.177 e. The molecule has 0 saturated carbocycles. The molecule has 0 radical (unpaired) electrons. The average molecular weight is 256 g/mol. The third kappa shape index (κ3) is 2.27. The molecule has 2 N–H and O–H groups in total. The van der Waals surface area contributed by atoms with E-state index in [1.165, 1.54) is 29.0 Å². The van der Waals surface area contributed by atoms with Crippen LogP contribution in [0.5, 0.6) is 0 Å². The van der Waals surface area contributed by atoms with Crippen molar-refractivity contribution in [3.8, 4) is 0 Å². The van der Waals surface area contributed by atoms with E-state index in [-0.39, 0.29) is 18.7 Å². The van der Waals surface area contributed by atoms with Crippen molar-refractivity contribution in [2.45, 2.75) is 13.2 Å². The third-order valence-corrected chi connectivity index (χ3v) is 2.83. The molecule has 1 aromatic heterocycles. The second-order valence-corrected chi connectivity index (χ2v) is 3.92. The Hall–Kier alpha value is -1.53. The molecule has 0 bridgehead atoms. The van der Waals surface area contributed by atoms with Gasteiger partial charge in [0, 0.05) is 11.8 Å². The standard InChI is InChI=1S/C11H10F2N2OS/c12-9-2-1-3-10(13)8(9)5-15-7(6-16)4-14-11(15)17/h1-4,16H,5-6H2,(H,14,17). The number of benzene rings is 1. The second kappa shape index (κ2) is 4.77. The zero-order chi connectivity index (χ0) is 12.4. The second-order valence-electron chi connectivity index (χ2n) is 3.53. The summed E-state index contributed by atoms with van der Waals surface area (Å²) in [5.41, 5.74) is 0.413. The minimum Gasteiger partial charge on any atom is -0.390 e. The Balaban J connectivity index is 2.44. The topological polar surface area (TPSA) is 40.9 Å². The van der Waals surface area contributed by atoms with Gasteiger partial charge in [0.1, 0.15) is 11.6 Å². The minimum absolute atomic E-state index is 0.0449. The van der Waals surface area contributed by atoms with Gasteiger partial charge in [0.05, 0.1) is 18.8 Å². The van der Waals surface area contributed by atoms with Crippen LogP contribution in [0.2, 0.25) is 0 Å². The number of nitrogens with zero attached hydrogens (tertiary/aromatic N) is 1. The number of H-pyrrole nitrogens is 1. The number of hydrogen-bond acceptors (Lipinski definition) is 2. The number of aromatic nitrogens is 2. The van der Waals surface area contributed by atoms with Crippen molar-refractivity contribution >= 4 is 12.2 Å². The molecule has 0 spiro atoms. The van der Waals surface area contributed by atoms with Crippen molar-refractivity contribution in [1.29, 1.82) is 0 Å². The van der Waals surface area contributed by atoms with Crippen LogP contribution in [0, 0.1) is 16.4 Å². The van der Waals surface area contributed by atoms with E-state index in [1.54, 1.807) is 0 Å². The summed E-state index contributed by atoms with van der Waals surface area (Å²) in [5, 5.41) is 9.07. The normalized spacial score (nSPS) is 10.8. The molecule has 0 atom stereocenters. The summed E-state index contributed by atoms with van der Waals surface area (Å²) in [6, 6.07) is 3.68. The quantitative estimate of drug-likeness (QED) is 0.828. The van der Waals surface area contributed by atoms with Crippen LogP contribution in [0.25, 0.3) is 0 Å². The van der Waals surface area contributed by atoms with Crippen LogP contribution >= 0.6 is 12.2 Å². The number of imidazole rings is 1. The van der Waals surface area contributed by atoms with Crippen LogP contribution in [-0.4, -0.2) is 14.7 Å². The van der Waals surface area contributed by atoms with E-state index in [1.807, 2.05) is 0 Å². The van der Waals surface area contributed by atoms with E-state index in [4.69, 9.17) is 17.3 Å². The third-order valence-electron chi connectivity index (χ3n) is 2.49. The molecule has 0 amide bonds. The summed E-state index contributed by atoms with van der Waals surface area (Å²) in [7, 11) is 0. The first-order valence-electron chi connectivity index (χ1n) is 4.94. The number of nitrogens with one attached hydrogen (secondary N) is 1. The monoisotopic (exact) mass is 256 g/mol. The van der Waals surface area contributed by atoms with Crippen LogP contribution in [-0.2, 0) is 13.2 Å². The van der Waals surface area contributed by atoms with Crippen LogP contribution in [0.15, 0.2) is 24.4 Å². The summed E-state index contributed by atoms with van der Waals surface area (Å²) < 4.78 is 28.7. The molecule has 6 heteroatoms. The van der Waals surface area contributed by atoms with Crippen molar-refractivity contribution in [3.05, 3.63) is 52.1 Å². The van der Waals surface area contributed by atoms with Gasteiger partial charge in [-0.3, -0.25) is 0 Å². The zero-order valence-electron chi connectivity index (χ0n) is 8.78. The first-order chi connectivity index (χ1) is 8.13. The van der Waals surface area contributed by atoms with E-state index >= 15 is 0 Å². The van der Waals surface area contributed by atoms with Gasteiger partial charge < -0.3 is 14.7 Å². The van der Waals surface area contributed by atoms with E-state index in [0.29, 0.717) is 10.5 Å². The Morgan fingerprint density at radius 2 is 1.94 bits per heavy atom. The molecule has 0 aliphatic carbocycles. The Labute approximate surface area is 101 Å². The van der Waals surface area contributed by atoms with E-state index in [2.05, 4.69) is 4.98 Å². The van der Waals surface area contributed by atoms with Gasteiger partial charge in [-0.1, -0.05) is 6.07 Å². The summed E-state index contributed by atoms with van der Waals surface area (Å²) >= 11 is 4.98. The maximum atomic E-state index is 13.4. The average Bonchev–Trinajstić information content (AvgIpc) is 2.65. The number of halogens is 2. The number of hydrogen-bond donors (Lipinski definition) is 2. The zero-order valence-corrected chi connectivity index (χ0v) is 9.60. The Morgan fingerprint density at radius 1 is 1.29 bits per heavy atom. The molecule has 3 nitrogen and oxygen atoms in total. The van der Waals surface area contributed by atoms with Crippen LogP contribution in [0.1, 0.15) is 11.3 Å². The maximum absolute atomic E-state index is 13.4. The van der Waals surface area contributed by atoms with Crippen molar-refractivity contribution < 1.29 is 13.9 Å². The van der Waals surface area contributed by atoms with Gasteiger partial charge in [0.25, 0.3) is 0 Å².